The Kier molecular flexibility index (Phi) is 11.7. The third-order valence-electron chi connectivity index (χ3n) is 3.07. The second kappa shape index (κ2) is 12.1. The summed E-state index contributed by atoms with van der Waals surface area (Å²) in [5.74, 6) is -0.356. The molecule has 0 unspecified atom stereocenters. The maximum absolute atomic E-state index is 10.7. The van der Waals surface area contributed by atoms with Gasteiger partial charge in [-0.3, -0.25) is 0 Å². The number of hydrogen-bond donors (Lipinski definition) is 3. The van der Waals surface area contributed by atoms with Crippen molar-refractivity contribution in [2.24, 2.45) is 0 Å². The molecule has 0 aliphatic rings. The largest absolute Gasteiger partial charge is 0.492 e. The molecule has 3 N–H and O–H groups in total. The van der Waals surface area contributed by atoms with Crippen LogP contribution in [0.1, 0.15) is 57.8 Å². The van der Waals surface area contributed by atoms with Gasteiger partial charge in [-0.25, -0.2) is 4.79 Å². The number of esters is 1. The fraction of sp³-hybridized carbons (Fsp3) is 0.786. The van der Waals surface area contributed by atoms with Gasteiger partial charge in [-0.05, 0) is 12.8 Å². The van der Waals surface area contributed by atoms with Crippen molar-refractivity contribution >= 4 is 14.8 Å². The molecule has 0 aromatic carbocycles. The zero-order valence-electron chi connectivity index (χ0n) is 12.2. The van der Waals surface area contributed by atoms with Crippen LogP contribution in [0.3, 0.4) is 0 Å². The molecule has 0 aromatic heterocycles. The minimum atomic E-state index is -3.80. The minimum Gasteiger partial charge on any atom is -0.463 e. The molecule has 118 valence electrons. The summed E-state index contributed by atoms with van der Waals surface area (Å²) < 4.78 is 4.88. The molecule has 20 heavy (non-hydrogen) atoms. The summed E-state index contributed by atoms with van der Waals surface area (Å²) in [6.07, 6.45) is 10.5. The predicted molar refractivity (Wildman–Crippen MR) is 79.9 cm³/mol. The molecule has 0 aliphatic heterocycles. The number of unbranched alkanes of at least 4 members (excludes halogenated alkanes) is 8. The first-order valence-corrected chi connectivity index (χ1v) is 9.47. The van der Waals surface area contributed by atoms with Gasteiger partial charge in [0.25, 0.3) is 0 Å². The quantitative estimate of drug-likeness (QED) is 0.210. The Balaban J connectivity index is 3.10. The molecule has 0 amide bonds. The van der Waals surface area contributed by atoms with Crippen LogP contribution in [-0.2, 0) is 9.53 Å². The predicted octanol–water partition coefficient (Wildman–Crippen LogP) is 2.14. The lowest BCUT2D eigenvalue weighted by Gasteiger charge is -2.08. The molecule has 0 atom stereocenters. The number of carbonyl (C=O) groups is 1. The lowest BCUT2D eigenvalue weighted by atomic mass is 10.1. The summed E-state index contributed by atoms with van der Waals surface area (Å²) in [5.41, 5.74) is 0. The van der Waals surface area contributed by atoms with Crippen molar-refractivity contribution in [1.29, 1.82) is 0 Å². The first-order chi connectivity index (χ1) is 9.45. The molecule has 0 radical (unpaired) electrons. The van der Waals surface area contributed by atoms with E-state index in [1.54, 1.807) is 0 Å². The first-order valence-electron chi connectivity index (χ1n) is 7.42. The Morgan fingerprint density at radius 1 is 0.900 bits per heavy atom. The number of ether oxygens (including phenoxy) is 1. The van der Waals surface area contributed by atoms with Gasteiger partial charge in [-0.1, -0.05) is 51.5 Å². The number of rotatable bonds is 13. The summed E-state index contributed by atoms with van der Waals surface area (Å²) in [4.78, 5) is 37.2. The highest BCUT2D eigenvalue weighted by molar-refractivity contribution is 6.56. The molecule has 0 rings (SSSR count). The Labute approximate surface area is 122 Å². The highest BCUT2D eigenvalue weighted by atomic mass is 28.4. The highest BCUT2D eigenvalue weighted by Gasteiger charge is 2.25. The fourth-order valence-electron chi connectivity index (χ4n) is 1.93. The molecule has 0 heterocycles. The third-order valence-corrected chi connectivity index (χ3v) is 4.09. The Morgan fingerprint density at radius 2 is 1.35 bits per heavy atom. The van der Waals surface area contributed by atoms with E-state index in [1.807, 2.05) is 0 Å². The second-order valence-electron chi connectivity index (χ2n) is 5.08. The molecule has 0 bridgehead atoms. The van der Waals surface area contributed by atoms with E-state index in [-0.39, 0.29) is 12.0 Å². The summed E-state index contributed by atoms with van der Waals surface area (Å²) in [6, 6.07) is 0.149. The SMILES string of the molecule is C=CC(=O)OCCCCCCCCCCC[Si](O)(O)O. The van der Waals surface area contributed by atoms with Gasteiger partial charge in [-0.2, -0.15) is 0 Å². The highest BCUT2D eigenvalue weighted by Crippen LogP contribution is 2.12. The molecule has 0 aromatic rings. The van der Waals surface area contributed by atoms with E-state index < -0.39 is 8.80 Å². The molecule has 0 saturated carbocycles. The molecule has 0 saturated heterocycles. The van der Waals surface area contributed by atoms with Crippen molar-refractivity contribution < 1.29 is 23.9 Å². The van der Waals surface area contributed by atoms with Crippen molar-refractivity contribution in [2.75, 3.05) is 6.61 Å². The van der Waals surface area contributed by atoms with Crippen molar-refractivity contribution in [1.82, 2.24) is 0 Å². The van der Waals surface area contributed by atoms with Gasteiger partial charge >= 0.3 is 14.8 Å². The van der Waals surface area contributed by atoms with Crippen LogP contribution in [0, 0.1) is 0 Å². The van der Waals surface area contributed by atoms with Crippen LogP contribution in [-0.4, -0.2) is 35.8 Å². The lowest BCUT2D eigenvalue weighted by Crippen LogP contribution is -2.33. The molecular formula is C14H28O5Si. The van der Waals surface area contributed by atoms with Crippen LogP contribution in [0.25, 0.3) is 0 Å². The fourth-order valence-corrected chi connectivity index (χ4v) is 2.66. The van der Waals surface area contributed by atoms with E-state index in [0.29, 0.717) is 13.0 Å². The average Bonchev–Trinajstić information content (AvgIpc) is 2.38. The number of carbonyl (C=O) groups excluding carboxylic acids is 1. The molecule has 0 spiro atoms. The van der Waals surface area contributed by atoms with Crippen molar-refractivity contribution in [3.05, 3.63) is 12.7 Å². The van der Waals surface area contributed by atoms with Crippen LogP contribution in [0.4, 0.5) is 0 Å². The van der Waals surface area contributed by atoms with E-state index in [9.17, 15) is 4.79 Å². The Morgan fingerprint density at radius 3 is 1.80 bits per heavy atom. The topological polar surface area (TPSA) is 87.0 Å². The standard InChI is InChI=1S/C14H28O5Si/c1-2-14(15)19-12-10-8-6-4-3-5-7-9-11-13-20(16,17)18/h2,16-18H,1,3-13H2. The van der Waals surface area contributed by atoms with Crippen LogP contribution in [0.15, 0.2) is 12.7 Å². The summed E-state index contributed by atoms with van der Waals surface area (Å²) >= 11 is 0. The van der Waals surface area contributed by atoms with Gasteiger partial charge in [0.05, 0.1) is 6.61 Å². The van der Waals surface area contributed by atoms with Gasteiger partial charge in [0.1, 0.15) is 0 Å². The van der Waals surface area contributed by atoms with Gasteiger partial charge in [0, 0.05) is 12.1 Å². The third kappa shape index (κ3) is 15.4. The Bertz CT molecular complexity index is 263. The first kappa shape index (κ1) is 19.3. The lowest BCUT2D eigenvalue weighted by molar-refractivity contribution is -0.137. The normalized spacial score (nSPS) is 11.3. The smallest absolute Gasteiger partial charge is 0.463 e. The molecule has 0 fully saturated rings. The summed E-state index contributed by atoms with van der Waals surface area (Å²) in [6.45, 7) is 3.80. The maximum atomic E-state index is 10.7. The van der Waals surface area contributed by atoms with Crippen LogP contribution >= 0.6 is 0 Å². The van der Waals surface area contributed by atoms with E-state index in [4.69, 9.17) is 19.1 Å². The zero-order chi connectivity index (χ0) is 15.3. The Hall–Kier alpha value is -0.693. The van der Waals surface area contributed by atoms with Crippen LogP contribution in [0.2, 0.25) is 6.04 Å². The van der Waals surface area contributed by atoms with Crippen molar-refractivity contribution in [3.8, 4) is 0 Å². The van der Waals surface area contributed by atoms with Gasteiger partial charge in [0.15, 0.2) is 0 Å². The molecule has 5 nitrogen and oxygen atoms in total. The summed E-state index contributed by atoms with van der Waals surface area (Å²) in [7, 11) is -3.80. The van der Waals surface area contributed by atoms with E-state index in [1.165, 1.54) is 18.9 Å². The monoisotopic (exact) mass is 304 g/mol. The van der Waals surface area contributed by atoms with E-state index in [0.717, 1.165) is 38.5 Å². The van der Waals surface area contributed by atoms with E-state index >= 15 is 0 Å². The minimum absolute atomic E-state index is 0.149. The molecule has 6 heteroatoms. The zero-order valence-corrected chi connectivity index (χ0v) is 13.2. The second-order valence-corrected chi connectivity index (χ2v) is 7.13. The average molecular weight is 304 g/mol. The van der Waals surface area contributed by atoms with Crippen LogP contribution < -0.4 is 0 Å². The number of hydrogen-bond acceptors (Lipinski definition) is 5. The maximum Gasteiger partial charge on any atom is 0.492 e. The van der Waals surface area contributed by atoms with Gasteiger partial charge < -0.3 is 19.1 Å². The van der Waals surface area contributed by atoms with Crippen molar-refractivity contribution in [2.45, 2.75) is 63.8 Å². The molecular weight excluding hydrogens is 276 g/mol. The van der Waals surface area contributed by atoms with Crippen LogP contribution in [0.5, 0.6) is 0 Å². The van der Waals surface area contributed by atoms with E-state index in [2.05, 4.69) is 6.58 Å². The summed E-state index contributed by atoms with van der Waals surface area (Å²) in [5, 5.41) is 0. The molecule has 0 aliphatic carbocycles. The van der Waals surface area contributed by atoms with Crippen molar-refractivity contribution in [3.63, 3.8) is 0 Å². The van der Waals surface area contributed by atoms with Gasteiger partial charge in [0.2, 0.25) is 0 Å². The van der Waals surface area contributed by atoms with Gasteiger partial charge in [-0.15, -0.1) is 0 Å².